The van der Waals surface area contributed by atoms with Crippen LogP contribution in [0.5, 0.6) is 0 Å². The van der Waals surface area contributed by atoms with Crippen molar-refractivity contribution in [2.24, 2.45) is 11.8 Å². The highest BCUT2D eigenvalue weighted by molar-refractivity contribution is 5.75. The molecule has 19 heavy (non-hydrogen) atoms. The van der Waals surface area contributed by atoms with E-state index >= 15 is 0 Å². The summed E-state index contributed by atoms with van der Waals surface area (Å²) in [6.45, 7) is 10.9. The van der Waals surface area contributed by atoms with E-state index in [0.29, 0.717) is 12.2 Å². The standard InChI is InChI=1S/C18H34O/c1-15(2)9-6-10-16(3)11-7-12-17(4)13-8-14-18(5)19/h13,15-16H,6-12,14H2,1-5H3/b17-13+/t16-/m0/s1. The van der Waals surface area contributed by atoms with Gasteiger partial charge in [0.15, 0.2) is 0 Å². The van der Waals surface area contributed by atoms with Crippen LogP contribution >= 0.6 is 0 Å². The average molecular weight is 266 g/mol. The van der Waals surface area contributed by atoms with E-state index in [1.54, 1.807) is 6.92 Å². The molecule has 0 saturated carbocycles. The molecule has 0 heterocycles. The summed E-state index contributed by atoms with van der Waals surface area (Å²) in [7, 11) is 0. The van der Waals surface area contributed by atoms with Gasteiger partial charge in [-0.1, -0.05) is 58.1 Å². The Morgan fingerprint density at radius 3 is 2.16 bits per heavy atom. The van der Waals surface area contributed by atoms with Crippen LogP contribution in [0.3, 0.4) is 0 Å². The third kappa shape index (κ3) is 13.6. The van der Waals surface area contributed by atoms with E-state index in [4.69, 9.17) is 0 Å². The van der Waals surface area contributed by atoms with E-state index in [1.165, 1.54) is 44.1 Å². The minimum absolute atomic E-state index is 0.294. The summed E-state index contributed by atoms with van der Waals surface area (Å²) in [5.41, 5.74) is 1.45. The van der Waals surface area contributed by atoms with Gasteiger partial charge in [0, 0.05) is 6.42 Å². The van der Waals surface area contributed by atoms with Gasteiger partial charge >= 0.3 is 0 Å². The van der Waals surface area contributed by atoms with Crippen molar-refractivity contribution in [3.8, 4) is 0 Å². The molecule has 0 aromatic heterocycles. The molecule has 0 aromatic rings. The Morgan fingerprint density at radius 2 is 1.58 bits per heavy atom. The number of carbonyl (C=O) groups excluding carboxylic acids is 1. The van der Waals surface area contributed by atoms with Gasteiger partial charge in [0.1, 0.15) is 5.78 Å². The van der Waals surface area contributed by atoms with Gasteiger partial charge in [0.05, 0.1) is 0 Å². The Hall–Kier alpha value is -0.590. The van der Waals surface area contributed by atoms with Crippen LogP contribution < -0.4 is 0 Å². The molecule has 0 aliphatic rings. The second-order valence-corrected chi connectivity index (χ2v) is 6.61. The number of rotatable bonds is 11. The molecule has 0 rings (SSSR count). The molecule has 0 radical (unpaired) electrons. The van der Waals surface area contributed by atoms with Crippen molar-refractivity contribution < 1.29 is 4.79 Å². The first-order chi connectivity index (χ1) is 8.91. The Labute approximate surface area is 120 Å². The van der Waals surface area contributed by atoms with E-state index in [9.17, 15) is 4.79 Å². The first kappa shape index (κ1) is 18.4. The van der Waals surface area contributed by atoms with Crippen molar-refractivity contribution in [2.45, 2.75) is 86.0 Å². The van der Waals surface area contributed by atoms with Gasteiger partial charge in [-0.05, 0) is 44.9 Å². The number of Topliss-reactive ketones (excluding diaryl/α,β-unsaturated/α-hetero) is 1. The molecule has 0 unspecified atom stereocenters. The smallest absolute Gasteiger partial charge is 0.130 e. The van der Waals surface area contributed by atoms with Gasteiger partial charge in [0.25, 0.3) is 0 Å². The van der Waals surface area contributed by atoms with Gasteiger partial charge in [0.2, 0.25) is 0 Å². The largest absolute Gasteiger partial charge is 0.300 e. The third-order valence-corrected chi connectivity index (χ3v) is 3.74. The van der Waals surface area contributed by atoms with Crippen LogP contribution in [-0.2, 0) is 4.79 Å². The lowest BCUT2D eigenvalue weighted by atomic mass is 9.94. The molecule has 0 fully saturated rings. The second kappa shape index (κ2) is 11.3. The maximum absolute atomic E-state index is 10.8. The van der Waals surface area contributed by atoms with Crippen molar-refractivity contribution in [1.82, 2.24) is 0 Å². The van der Waals surface area contributed by atoms with E-state index < -0.39 is 0 Å². The van der Waals surface area contributed by atoms with Gasteiger partial charge in [-0.2, -0.15) is 0 Å². The average Bonchev–Trinajstić information content (AvgIpc) is 2.27. The van der Waals surface area contributed by atoms with Gasteiger partial charge in [-0.15, -0.1) is 0 Å². The summed E-state index contributed by atoms with van der Waals surface area (Å²) >= 11 is 0. The molecule has 1 heteroatoms. The number of carbonyl (C=O) groups is 1. The lowest BCUT2D eigenvalue weighted by Gasteiger charge is -2.12. The number of hydrogen-bond acceptors (Lipinski definition) is 1. The minimum atomic E-state index is 0.294. The Morgan fingerprint density at radius 1 is 0.947 bits per heavy atom. The summed E-state index contributed by atoms with van der Waals surface area (Å²) in [4.78, 5) is 10.8. The zero-order valence-corrected chi connectivity index (χ0v) is 13.8. The molecule has 112 valence electrons. The minimum Gasteiger partial charge on any atom is -0.300 e. The molecule has 0 aliphatic heterocycles. The van der Waals surface area contributed by atoms with Crippen molar-refractivity contribution >= 4 is 5.78 Å². The fraction of sp³-hybridized carbons (Fsp3) is 0.833. The second-order valence-electron chi connectivity index (χ2n) is 6.61. The van der Waals surface area contributed by atoms with Crippen LogP contribution in [0.2, 0.25) is 0 Å². The van der Waals surface area contributed by atoms with E-state index in [-0.39, 0.29) is 0 Å². The summed E-state index contributed by atoms with van der Waals surface area (Å²) in [5, 5.41) is 0. The topological polar surface area (TPSA) is 17.1 Å². The SMILES string of the molecule is CC(=O)CC/C=C(\C)CCC[C@@H](C)CCCC(C)C. The van der Waals surface area contributed by atoms with E-state index in [0.717, 1.165) is 18.3 Å². The summed E-state index contributed by atoms with van der Waals surface area (Å²) < 4.78 is 0. The van der Waals surface area contributed by atoms with Gasteiger partial charge in [-0.25, -0.2) is 0 Å². The van der Waals surface area contributed by atoms with Crippen LogP contribution in [0.25, 0.3) is 0 Å². The molecule has 0 amide bonds. The predicted molar refractivity (Wildman–Crippen MR) is 85.4 cm³/mol. The fourth-order valence-electron chi connectivity index (χ4n) is 2.37. The van der Waals surface area contributed by atoms with E-state index in [2.05, 4.69) is 33.8 Å². The summed E-state index contributed by atoms with van der Waals surface area (Å²) in [6.07, 6.45) is 11.8. The highest BCUT2D eigenvalue weighted by Gasteiger charge is 2.03. The molecule has 1 nitrogen and oxygen atoms in total. The Bertz CT molecular complexity index is 263. The normalized spacial score (nSPS) is 13.9. The van der Waals surface area contributed by atoms with Gasteiger partial charge in [-0.3, -0.25) is 0 Å². The number of hydrogen-bond donors (Lipinski definition) is 0. The molecular formula is C18H34O. The molecule has 0 aliphatic carbocycles. The monoisotopic (exact) mass is 266 g/mol. The molecule has 0 spiro atoms. The van der Waals surface area contributed by atoms with Gasteiger partial charge < -0.3 is 4.79 Å². The van der Waals surface area contributed by atoms with Crippen LogP contribution in [0, 0.1) is 11.8 Å². The quantitative estimate of drug-likeness (QED) is 0.423. The van der Waals surface area contributed by atoms with Crippen molar-refractivity contribution in [1.29, 1.82) is 0 Å². The third-order valence-electron chi connectivity index (χ3n) is 3.74. The number of allylic oxidation sites excluding steroid dienone is 2. The van der Waals surface area contributed by atoms with E-state index in [1.807, 2.05) is 0 Å². The lowest BCUT2D eigenvalue weighted by Crippen LogP contribution is -1.97. The van der Waals surface area contributed by atoms with Crippen molar-refractivity contribution in [3.63, 3.8) is 0 Å². The molecule has 0 saturated heterocycles. The highest BCUT2D eigenvalue weighted by atomic mass is 16.1. The van der Waals surface area contributed by atoms with Crippen molar-refractivity contribution in [3.05, 3.63) is 11.6 Å². The first-order valence-corrected chi connectivity index (χ1v) is 8.06. The molecule has 0 bridgehead atoms. The summed E-state index contributed by atoms with van der Waals surface area (Å²) in [6, 6.07) is 0. The van der Waals surface area contributed by atoms with Crippen LogP contribution in [0.1, 0.15) is 86.0 Å². The Balaban J connectivity index is 3.57. The van der Waals surface area contributed by atoms with Crippen LogP contribution in [-0.4, -0.2) is 5.78 Å². The van der Waals surface area contributed by atoms with Crippen molar-refractivity contribution in [2.75, 3.05) is 0 Å². The predicted octanol–water partition coefficient (Wildman–Crippen LogP) is 5.93. The fourth-order valence-corrected chi connectivity index (χ4v) is 2.37. The maximum atomic E-state index is 10.8. The Kier molecular flexibility index (Phi) is 10.9. The molecule has 1 atom stereocenters. The number of ketones is 1. The highest BCUT2D eigenvalue weighted by Crippen LogP contribution is 2.19. The zero-order valence-electron chi connectivity index (χ0n) is 13.8. The molecular weight excluding hydrogens is 232 g/mol. The zero-order chi connectivity index (χ0) is 14.7. The first-order valence-electron chi connectivity index (χ1n) is 8.06. The van der Waals surface area contributed by atoms with Crippen LogP contribution in [0.4, 0.5) is 0 Å². The lowest BCUT2D eigenvalue weighted by molar-refractivity contribution is -0.116. The molecule has 0 N–H and O–H groups in total. The maximum Gasteiger partial charge on any atom is 0.130 e. The molecule has 0 aromatic carbocycles. The van der Waals surface area contributed by atoms with Crippen LogP contribution in [0.15, 0.2) is 11.6 Å². The summed E-state index contributed by atoms with van der Waals surface area (Å²) in [5.74, 6) is 2.00.